The SMILES string of the molecule is CC(=O)Nc1ccc(S(=O)(=O)N2CCCO2)c(F)c1. The van der Waals surface area contributed by atoms with Crippen LogP contribution < -0.4 is 5.32 Å². The zero-order valence-electron chi connectivity index (χ0n) is 10.2. The van der Waals surface area contributed by atoms with Crippen molar-refractivity contribution < 1.29 is 22.4 Å². The average Bonchev–Trinajstić information content (AvgIpc) is 2.81. The third-order valence-electron chi connectivity index (χ3n) is 2.52. The second-order valence-electron chi connectivity index (χ2n) is 4.04. The minimum Gasteiger partial charge on any atom is -0.326 e. The van der Waals surface area contributed by atoms with Crippen LogP contribution in [0, 0.1) is 5.82 Å². The number of carbonyl (C=O) groups excluding carboxylic acids is 1. The molecule has 6 nitrogen and oxygen atoms in total. The number of sulfonamides is 1. The van der Waals surface area contributed by atoms with E-state index in [4.69, 9.17) is 4.84 Å². The lowest BCUT2D eigenvalue weighted by molar-refractivity contribution is -0.114. The second-order valence-corrected chi connectivity index (χ2v) is 5.84. The fourth-order valence-corrected chi connectivity index (χ4v) is 3.06. The van der Waals surface area contributed by atoms with Crippen LogP contribution in [0.3, 0.4) is 0 Å². The number of rotatable bonds is 3. The molecule has 1 aliphatic rings. The average molecular weight is 288 g/mol. The van der Waals surface area contributed by atoms with Crippen molar-refractivity contribution in [3.8, 4) is 0 Å². The highest BCUT2D eigenvalue weighted by molar-refractivity contribution is 7.89. The second kappa shape index (κ2) is 5.24. The molecule has 1 N–H and O–H groups in total. The molecule has 1 aromatic carbocycles. The van der Waals surface area contributed by atoms with E-state index in [9.17, 15) is 17.6 Å². The number of nitrogens with one attached hydrogen (secondary N) is 1. The number of hydrogen-bond acceptors (Lipinski definition) is 4. The summed E-state index contributed by atoms with van der Waals surface area (Å²) in [6, 6.07) is 3.40. The molecule has 1 aliphatic heterocycles. The molecule has 0 unspecified atom stereocenters. The van der Waals surface area contributed by atoms with Crippen LogP contribution in [0.15, 0.2) is 23.1 Å². The third-order valence-corrected chi connectivity index (χ3v) is 4.23. The Morgan fingerprint density at radius 3 is 2.74 bits per heavy atom. The fourth-order valence-electron chi connectivity index (χ4n) is 1.71. The van der Waals surface area contributed by atoms with Gasteiger partial charge in [0.15, 0.2) is 0 Å². The van der Waals surface area contributed by atoms with Gasteiger partial charge in [0.25, 0.3) is 10.0 Å². The zero-order chi connectivity index (χ0) is 14.0. The third kappa shape index (κ3) is 2.91. The van der Waals surface area contributed by atoms with Crippen LogP contribution in [0.25, 0.3) is 0 Å². The van der Waals surface area contributed by atoms with Gasteiger partial charge in [0.1, 0.15) is 10.7 Å². The van der Waals surface area contributed by atoms with Crippen molar-refractivity contribution in [2.24, 2.45) is 0 Å². The van der Waals surface area contributed by atoms with Crippen molar-refractivity contribution in [2.45, 2.75) is 18.2 Å². The molecule has 1 heterocycles. The lowest BCUT2D eigenvalue weighted by atomic mass is 10.3. The maximum atomic E-state index is 13.8. The van der Waals surface area contributed by atoms with Crippen molar-refractivity contribution in [3.63, 3.8) is 0 Å². The topological polar surface area (TPSA) is 75.7 Å². The Hall–Kier alpha value is -1.51. The van der Waals surface area contributed by atoms with Crippen LogP contribution in [0.2, 0.25) is 0 Å². The maximum Gasteiger partial charge on any atom is 0.267 e. The van der Waals surface area contributed by atoms with Crippen molar-refractivity contribution >= 4 is 21.6 Å². The van der Waals surface area contributed by atoms with E-state index in [1.807, 2.05) is 0 Å². The smallest absolute Gasteiger partial charge is 0.267 e. The van der Waals surface area contributed by atoms with Crippen molar-refractivity contribution in [1.82, 2.24) is 4.47 Å². The summed E-state index contributed by atoms with van der Waals surface area (Å²) in [5.74, 6) is -1.29. The molecule has 8 heteroatoms. The minimum atomic E-state index is -3.99. The normalized spacial score (nSPS) is 16.5. The Bertz CT molecular complexity index is 597. The van der Waals surface area contributed by atoms with Gasteiger partial charge in [-0.1, -0.05) is 4.47 Å². The first-order valence-electron chi connectivity index (χ1n) is 5.64. The summed E-state index contributed by atoms with van der Waals surface area (Å²) in [6.45, 7) is 1.78. The number of halogens is 1. The van der Waals surface area contributed by atoms with Crippen LogP contribution in [0.1, 0.15) is 13.3 Å². The number of benzene rings is 1. The lowest BCUT2D eigenvalue weighted by Crippen LogP contribution is -2.27. The van der Waals surface area contributed by atoms with E-state index >= 15 is 0 Å². The predicted octanol–water partition coefficient (Wildman–Crippen LogP) is 1.11. The molecule has 0 aliphatic carbocycles. The predicted molar refractivity (Wildman–Crippen MR) is 65.2 cm³/mol. The van der Waals surface area contributed by atoms with E-state index in [-0.39, 0.29) is 18.1 Å². The standard InChI is InChI=1S/C11H13FN2O4S/c1-8(15)13-9-3-4-11(10(12)7-9)19(16,17)14-5-2-6-18-14/h3-4,7H,2,5-6H2,1H3,(H,13,15). The first-order chi connectivity index (χ1) is 8.91. The van der Waals surface area contributed by atoms with Gasteiger partial charge in [0.2, 0.25) is 5.91 Å². The van der Waals surface area contributed by atoms with Crippen LogP contribution in [-0.4, -0.2) is 31.9 Å². The summed E-state index contributed by atoms with van der Waals surface area (Å²) in [7, 11) is -3.99. The molecule has 2 rings (SSSR count). The Labute approximate surface area is 110 Å². The highest BCUT2D eigenvalue weighted by Crippen LogP contribution is 2.24. The van der Waals surface area contributed by atoms with Gasteiger partial charge in [-0.2, -0.15) is 0 Å². The highest BCUT2D eigenvalue weighted by atomic mass is 32.2. The van der Waals surface area contributed by atoms with Crippen molar-refractivity contribution in [1.29, 1.82) is 0 Å². The minimum absolute atomic E-state index is 0.200. The van der Waals surface area contributed by atoms with Gasteiger partial charge in [-0.3, -0.25) is 9.63 Å². The highest BCUT2D eigenvalue weighted by Gasteiger charge is 2.31. The number of anilines is 1. The largest absolute Gasteiger partial charge is 0.326 e. The van der Waals surface area contributed by atoms with E-state index < -0.39 is 20.7 Å². The van der Waals surface area contributed by atoms with Crippen molar-refractivity contribution in [2.75, 3.05) is 18.5 Å². The summed E-state index contributed by atoms with van der Waals surface area (Å²) < 4.78 is 38.7. The van der Waals surface area contributed by atoms with Crippen LogP contribution >= 0.6 is 0 Å². The number of carbonyl (C=O) groups is 1. The van der Waals surface area contributed by atoms with Gasteiger partial charge < -0.3 is 5.32 Å². The Kier molecular flexibility index (Phi) is 3.83. The molecule has 0 spiro atoms. The van der Waals surface area contributed by atoms with Gasteiger partial charge in [-0.05, 0) is 24.6 Å². The molecule has 0 atom stereocenters. The Balaban J connectivity index is 2.32. The van der Waals surface area contributed by atoms with E-state index in [1.165, 1.54) is 13.0 Å². The Morgan fingerprint density at radius 2 is 2.21 bits per heavy atom. The van der Waals surface area contributed by atoms with Gasteiger partial charge in [-0.25, -0.2) is 12.8 Å². The molecule has 1 saturated heterocycles. The molecule has 1 fully saturated rings. The van der Waals surface area contributed by atoms with Gasteiger partial charge in [0.05, 0.1) is 6.61 Å². The number of hydrogen-bond donors (Lipinski definition) is 1. The molecule has 104 valence electrons. The van der Waals surface area contributed by atoms with Gasteiger partial charge in [-0.15, -0.1) is 0 Å². The van der Waals surface area contributed by atoms with Gasteiger partial charge >= 0.3 is 0 Å². The maximum absolute atomic E-state index is 13.8. The van der Waals surface area contributed by atoms with E-state index in [1.54, 1.807) is 0 Å². The number of nitrogens with zero attached hydrogens (tertiary/aromatic N) is 1. The first kappa shape index (κ1) is 13.9. The fraction of sp³-hybridized carbons (Fsp3) is 0.364. The molecule has 1 amide bonds. The molecular weight excluding hydrogens is 275 g/mol. The van der Waals surface area contributed by atoms with E-state index in [0.717, 1.165) is 16.6 Å². The van der Waals surface area contributed by atoms with Crippen LogP contribution in [-0.2, 0) is 19.7 Å². The summed E-state index contributed by atoms with van der Waals surface area (Å²) in [4.78, 5) is 15.3. The summed E-state index contributed by atoms with van der Waals surface area (Å²) in [5.41, 5.74) is 0.200. The van der Waals surface area contributed by atoms with Crippen LogP contribution in [0.4, 0.5) is 10.1 Å². The van der Waals surface area contributed by atoms with Crippen molar-refractivity contribution in [3.05, 3.63) is 24.0 Å². The molecular formula is C11H13FN2O4S. The molecule has 19 heavy (non-hydrogen) atoms. The monoisotopic (exact) mass is 288 g/mol. The quantitative estimate of drug-likeness (QED) is 0.904. The van der Waals surface area contributed by atoms with Crippen LogP contribution in [0.5, 0.6) is 0 Å². The first-order valence-corrected chi connectivity index (χ1v) is 7.08. The lowest BCUT2D eigenvalue weighted by Gasteiger charge is -2.15. The molecule has 0 radical (unpaired) electrons. The zero-order valence-corrected chi connectivity index (χ0v) is 11.0. The molecule has 0 bridgehead atoms. The Morgan fingerprint density at radius 1 is 1.47 bits per heavy atom. The summed E-state index contributed by atoms with van der Waals surface area (Å²) in [6.07, 6.45) is 0.574. The van der Waals surface area contributed by atoms with E-state index in [0.29, 0.717) is 13.0 Å². The molecule has 1 aromatic rings. The van der Waals surface area contributed by atoms with Gasteiger partial charge in [0, 0.05) is 19.2 Å². The number of amides is 1. The number of hydroxylamine groups is 1. The molecule has 0 aromatic heterocycles. The summed E-state index contributed by atoms with van der Waals surface area (Å²) in [5, 5.41) is 2.38. The molecule has 0 saturated carbocycles. The van der Waals surface area contributed by atoms with E-state index in [2.05, 4.69) is 5.32 Å². The summed E-state index contributed by atoms with van der Waals surface area (Å²) >= 11 is 0.